The van der Waals surface area contributed by atoms with Crippen LogP contribution in [0.2, 0.25) is 0 Å². The number of rotatable bonds is 8. The van der Waals surface area contributed by atoms with Gasteiger partial charge in [-0.2, -0.15) is 0 Å². The number of para-hydroxylation sites is 2. The molecule has 0 radical (unpaired) electrons. The van der Waals surface area contributed by atoms with E-state index < -0.39 is 0 Å². The molecule has 0 bridgehead atoms. The highest BCUT2D eigenvalue weighted by Gasteiger charge is 2.22. The summed E-state index contributed by atoms with van der Waals surface area (Å²) in [5, 5.41) is 9.91. The quantitative estimate of drug-likeness (QED) is 0.347. The lowest BCUT2D eigenvalue weighted by molar-refractivity contribution is -0.126. The van der Waals surface area contributed by atoms with Crippen LogP contribution in [0.15, 0.2) is 70.3 Å². The predicted octanol–water partition coefficient (Wildman–Crippen LogP) is 4.11. The molecule has 2 aromatic carbocycles. The number of nitrogens with zero attached hydrogens (tertiary/aromatic N) is 5. The van der Waals surface area contributed by atoms with Crippen molar-refractivity contribution in [1.82, 2.24) is 24.1 Å². The van der Waals surface area contributed by atoms with E-state index in [9.17, 15) is 9.59 Å². The average Bonchev–Trinajstić information content (AvgIpc) is 3.57. The van der Waals surface area contributed by atoms with Crippen molar-refractivity contribution in [3.05, 3.63) is 76.2 Å². The second-order valence-electron chi connectivity index (χ2n) is 8.35. The van der Waals surface area contributed by atoms with E-state index in [1.54, 1.807) is 17.7 Å². The molecular formula is C26H27N5O3S. The summed E-state index contributed by atoms with van der Waals surface area (Å²) in [6, 6.07) is 15.0. The SMILES string of the molecule is CCN(C(=O)CSc1nnc2n(Cc3ccccc3OC)c(=O)c3ccccc3n12)C1=CCCC1. The molecule has 0 spiro atoms. The summed E-state index contributed by atoms with van der Waals surface area (Å²) in [5.74, 6) is 1.42. The van der Waals surface area contributed by atoms with Gasteiger partial charge in [0.05, 0.1) is 30.3 Å². The third-order valence-corrected chi connectivity index (χ3v) is 7.22. The van der Waals surface area contributed by atoms with Gasteiger partial charge < -0.3 is 9.64 Å². The average molecular weight is 490 g/mol. The van der Waals surface area contributed by atoms with Crippen LogP contribution in [0.5, 0.6) is 5.75 Å². The molecule has 8 nitrogen and oxygen atoms in total. The lowest BCUT2D eigenvalue weighted by Gasteiger charge is -2.22. The molecule has 9 heteroatoms. The van der Waals surface area contributed by atoms with Crippen molar-refractivity contribution in [2.75, 3.05) is 19.4 Å². The molecule has 2 aromatic heterocycles. The van der Waals surface area contributed by atoms with Crippen LogP contribution in [-0.2, 0) is 11.3 Å². The Kier molecular flexibility index (Phi) is 6.59. The zero-order valence-corrected chi connectivity index (χ0v) is 20.6. The van der Waals surface area contributed by atoms with Crippen LogP contribution in [0.3, 0.4) is 0 Å². The molecule has 0 saturated carbocycles. The molecule has 0 unspecified atom stereocenters. The van der Waals surface area contributed by atoms with Gasteiger partial charge in [0.15, 0.2) is 5.16 Å². The van der Waals surface area contributed by atoms with Crippen molar-refractivity contribution in [2.24, 2.45) is 0 Å². The summed E-state index contributed by atoms with van der Waals surface area (Å²) >= 11 is 1.34. The van der Waals surface area contributed by atoms with Gasteiger partial charge in [0.2, 0.25) is 11.7 Å². The summed E-state index contributed by atoms with van der Waals surface area (Å²) in [7, 11) is 1.61. The van der Waals surface area contributed by atoms with Crippen molar-refractivity contribution in [1.29, 1.82) is 0 Å². The van der Waals surface area contributed by atoms with Crippen LogP contribution in [0.1, 0.15) is 31.7 Å². The highest BCUT2D eigenvalue weighted by Crippen LogP contribution is 2.26. The highest BCUT2D eigenvalue weighted by molar-refractivity contribution is 7.99. The van der Waals surface area contributed by atoms with Gasteiger partial charge >= 0.3 is 0 Å². The molecule has 5 rings (SSSR count). The van der Waals surface area contributed by atoms with E-state index in [-0.39, 0.29) is 23.8 Å². The molecule has 0 atom stereocenters. The Morgan fingerprint density at radius 2 is 1.94 bits per heavy atom. The van der Waals surface area contributed by atoms with Crippen LogP contribution < -0.4 is 10.3 Å². The molecule has 180 valence electrons. The Morgan fingerprint density at radius 3 is 2.71 bits per heavy atom. The number of hydrogen-bond acceptors (Lipinski definition) is 6. The Balaban J connectivity index is 1.54. The van der Waals surface area contributed by atoms with Crippen LogP contribution in [-0.4, -0.2) is 49.4 Å². The molecule has 4 aromatic rings. The van der Waals surface area contributed by atoms with E-state index in [4.69, 9.17) is 4.74 Å². The van der Waals surface area contributed by atoms with Gasteiger partial charge in [-0.05, 0) is 44.4 Å². The molecule has 0 saturated heterocycles. The van der Waals surface area contributed by atoms with Gasteiger partial charge in [-0.25, -0.2) is 0 Å². The molecule has 35 heavy (non-hydrogen) atoms. The largest absolute Gasteiger partial charge is 0.496 e. The number of hydrogen-bond donors (Lipinski definition) is 0. The minimum absolute atomic E-state index is 0.0500. The van der Waals surface area contributed by atoms with Gasteiger partial charge in [-0.3, -0.25) is 18.6 Å². The standard InChI is InChI=1S/C26H27N5O3S/c1-3-29(19-11-5-6-12-19)23(32)17-35-26-28-27-25-30(16-18-10-4-9-15-22(18)34-2)24(33)20-13-7-8-14-21(20)31(25)26/h4,7-11,13-15H,3,5-6,12,16-17H2,1-2H3. The van der Waals surface area contributed by atoms with Gasteiger partial charge in [-0.15, -0.1) is 10.2 Å². The van der Waals surface area contributed by atoms with E-state index in [0.717, 1.165) is 36.0 Å². The monoisotopic (exact) mass is 489 g/mol. The molecule has 0 N–H and O–H groups in total. The van der Waals surface area contributed by atoms with Crippen molar-refractivity contribution < 1.29 is 9.53 Å². The lowest BCUT2D eigenvalue weighted by Crippen LogP contribution is -2.31. The second kappa shape index (κ2) is 9.95. The molecule has 0 aliphatic heterocycles. The maximum Gasteiger partial charge on any atom is 0.263 e. The minimum Gasteiger partial charge on any atom is -0.496 e. The third-order valence-electron chi connectivity index (χ3n) is 6.30. The van der Waals surface area contributed by atoms with E-state index in [1.165, 1.54) is 11.8 Å². The summed E-state index contributed by atoms with van der Waals surface area (Å²) < 4.78 is 8.98. The number of allylic oxidation sites excluding steroid dienone is 2. The highest BCUT2D eigenvalue weighted by atomic mass is 32.2. The fourth-order valence-corrected chi connectivity index (χ4v) is 5.43. The van der Waals surface area contributed by atoms with Crippen LogP contribution >= 0.6 is 11.8 Å². The zero-order chi connectivity index (χ0) is 24.4. The van der Waals surface area contributed by atoms with E-state index >= 15 is 0 Å². The maximum atomic E-state index is 13.5. The fraction of sp³-hybridized carbons (Fsp3) is 0.308. The Bertz CT molecular complexity index is 1490. The normalized spacial score (nSPS) is 13.4. The molecule has 0 fully saturated rings. The first-order valence-electron chi connectivity index (χ1n) is 11.7. The molecule has 2 heterocycles. The number of carbonyl (C=O) groups excluding carboxylic acids is 1. The van der Waals surface area contributed by atoms with Crippen molar-refractivity contribution in [3.63, 3.8) is 0 Å². The first kappa shape index (κ1) is 23.2. The topological polar surface area (TPSA) is 81.7 Å². The van der Waals surface area contributed by atoms with Gasteiger partial charge in [0.1, 0.15) is 5.75 Å². The Hall–Kier alpha value is -3.59. The van der Waals surface area contributed by atoms with E-state index in [2.05, 4.69) is 16.3 Å². The number of ether oxygens (including phenoxy) is 1. The van der Waals surface area contributed by atoms with Gasteiger partial charge in [0.25, 0.3) is 5.56 Å². The molecule has 1 aliphatic carbocycles. The van der Waals surface area contributed by atoms with Crippen molar-refractivity contribution >= 4 is 34.3 Å². The maximum absolute atomic E-state index is 13.5. The Morgan fingerprint density at radius 1 is 1.14 bits per heavy atom. The van der Waals surface area contributed by atoms with E-state index in [1.807, 2.05) is 58.7 Å². The summed E-state index contributed by atoms with van der Waals surface area (Å²) in [4.78, 5) is 28.4. The second-order valence-corrected chi connectivity index (χ2v) is 9.30. The number of fused-ring (bicyclic) bond motifs is 3. The van der Waals surface area contributed by atoms with Crippen LogP contribution in [0, 0.1) is 0 Å². The molecule has 1 amide bonds. The first-order chi connectivity index (χ1) is 17.1. The number of thioether (sulfide) groups is 1. The predicted molar refractivity (Wildman–Crippen MR) is 137 cm³/mol. The van der Waals surface area contributed by atoms with Crippen LogP contribution in [0.25, 0.3) is 16.7 Å². The number of aromatic nitrogens is 4. The summed E-state index contributed by atoms with van der Waals surface area (Å²) in [6.07, 6.45) is 5.22. The van der Waals surface area contributed by atoms with Crippen molar-refractivity contribution in [2.45, 2.75) is 37.9 Å². The smallest absolute Gasteiger partial charge is 0.263 e. The zero-order valence-electron chi connectivity index (χ0n) is 19.8. The third kappa shape index (κ3) is 4.32. The summed E-state index contributed by atoms with van der Waals surface area (Å²) in [6.45, 7) is 2.93. The van der Waals surface area contributed by atoms with Crippen molar-refractivity contribution in [3.8, 4) is 5.75 Å². The first-order valence-corrected chi connectivity index (χ1v) is 12.7. The fourth-order valence-electron chi connectivity index (χ4n) is 4.62. The minimum atomic E-state index is -0.149. The number of amides is 1. The van der Waals surface area contributed by atoms with Gasteiger partial charge in [0, 0.05) is 17.8 Å². The summed E-state index contributed by atoms with van der Waals surface area (Å²) in [5.41, 5.74) is 2.55. The van der Waals surface area contributed by atoms with E-state index in [0.29, 0.717) is 28.6 Å². The molecule has 1 aliphatic rings. The lowest BCUT2D eigenvalue weighted by atomic mass is 10.2. The number of methoxy groups -OCH3 is 1. The Labute approximate surface area is 207 Å². The molecular weight excluding hydrogens is 462 g/mol. The number of carbonyl (C=O) groups is 1. The van der Waals surface area contributed by atoms with Gasteiger partial charge in [-0.1, -0.05) is 48.2 Å². The number of benzene rings is 2. The van der Waals surface area contributed by atoms with Crippen LogP contribution in [0.4, 0.5) is 0 Å².